The molecule has 0 saturated carbocycles. The molecule has 9 nitrogen and oxygen atoms in total. The van der Waals surface area contributed by atoms with Gasteiger partial charge in [0.25, 0.3) is 20.0 Å². The quantitative estimate of drug-likeness (QED) is 0.443. The molecule has 0 atom stereocenters. The summed E-state index contributed by atoms with van der Waals surface area (Å²) in [5, 5.41) is 0. The number of nitrogens with zero attached hydrogens (tertiary/aromatic N) is 1. The Morgan fingerprint density at radius 1 is 0.912 bits per heavy atom. The molecule has 0 aromatic heterocycles. The molecule has 34 heavy (non-hydrogen) atoms. The Kier molecular flexibility index (Phi) is 7.48. The van der Waals surface area contributed by atoms with Gasteiger partial charge in [-0.3, -0.25) is 9.03 Å². The summed E-state index contributed by atoms with van der Waals surface area (Å²) in [4.78, 5) is 11.6. The van der Waals surface area contributed by atoms with Crippen LogP contribution in [-0.2, 0) is 24.8 Å². The summed E-state index contributed by atoms with van der Waals surface area (Å²) in [7, 11) is -5.87. The molecule has 0 aliphatic rings. The fourth-order valence-electron chi connectivity index (χ4n) is 3.32. The van der Waals surface area contributed by atoms with Gasteiger partial charge in [0.15, 0.2) is 0 Å². The van der Waals surface area contributed by atoms with Crippen LogP contribution in [0.1, 0.15) is 17.3 Å². The molecule has 0 fully saturated rings. The predicted octanol–water partition coefficient (Wildman–Crippen LogP) is 3.50. The topological polar surface area (TPSA) is 119 Å². The molecule has 0 amide bonds. The summed E-state index contributed by atoms with van der Waals surface area (Å²) in [5.74, 6) is -0.730. The molecule has 0 radical (unpaired) electrons. The summed E-state index contributed by atoms with van der Waals surface area (Å²) < 4.78 is 66.5. The molecule has 11 heteroatoms. The number of hydrogen-bond acceptors (Lipinski definition) is 7. The van der Waals surface area contributed by atoms with Crippen molar-refractivity contribution in [3.63, 3.8) is 0 Å². The Bertz CT molecular complexity index is 1390. The highest BCUT2D eigenvalue weighted by molar-refractivity contribution is 7.93. The first-order chi connectivity index (χ1) is 16.2. The van der Waals surface area contributed by atoms with E-state index in [4.69, 9.17) is 4.74 Å². The molecular formula is C23H24N2O7S2. The van der Waals surface area contributed by atoms with Gasteiger partial charge in [-0.15, -0.1) is 0 Å². The van der Waals surface area contributed by atoms with Crippen LogP contribution in [0, 0.1) is 0 Å². The number of sulfonamides is 2. The van der Waals surface area contributed by atoms with Crippen molar-refractivity contribution in [1.29, 1.82) is 0 Å². The number of benzene rings is 3. The summed E-state index contributed by atoms with van der Waals surface area (Å²) in [6.45, 7) is 1.85. The summed E-state index contributed by atoms with van der Waals surface area (Å²) in [6.07, 6.45) is 0. The predicted molar refractivity (Wildman–Crippen MR) is 128 cm³/mol. The van der Waals surface area contributed by atoms with Crippen LogP contribution in [0.3, 0.4) is 0 Å². The Hall–Kier alpha value is -3.57. The highest BCUT2D eigenvalue weighted by Crippen LogP contribution is 2.32. The highest BCUT2D eigenvalue weighted by atomic mass is 32.2. The van der Waals surface area contributed by atoms with Gasteiger partial charge in [0, 0.05) is 6.54 Å². The zero-order valence-electron chi connectivity index (χ0n) is 18.8. The maximum absolute atomic E-state index is 13.4. The lowest BCUT2D eigenvalue weighted by molar-refractivity contribution is 0.0596. The van der Waals surface area contributed by atoms with Gasteiger partial charge in [0.1, 0.15) is 10.6 Å². The van der Waals surface area contributed by atoms with E-state index >= 15 is 0 Å². The average Bonchev–Trinajstić information content (AvgIpc) is 2.84. The lowest BCUT2D eigenvalue weighted by Crippen LogP contribution is -2.30. The molecule has 3 aromatic carbocycles. The van der Waals surface area contributed by atoms with Gasteiger partial charge >= 0.3 is 5.97 Å². The van der Waals surface area contributed by atoms with Crippen LogP contribution >= 0.6 is 0 Å². The second kappa shape index (κ2) is 10.1. The minimum atomic E-state index is -4.31. The molecule has 180 valence electrons. The van der Waals surface area contributed by atoms with E-state index in [2.05, 4.69) is 9.46 Å². The van der Waals surface area contributed by atoms with Crippen molar-refractivity contribution in [2.75, 3.05) is 29.8 Å². The minimum absolute atomic E-state index is 0.0980. The van der Waals surface area contributed by atoms with Crippen molar-refractivity contribution >= 4 is 37.4 Å². The number of ether oxygens (including phenoxy) is 2. The first-order valence-electron chi connectivity index (χ1n) is 10.1. The van der Waals surface area contributed by atoms with Crippen molar-refractivity contribution in [1.82, 2.24) is 0 Å². The molecule has 1 N–H and O–H groups in total. The summed E-state index contributed by atoms with van der Waals surface area (Å²) in [6, 6.07) is 17.9. The van der Waals surface area contributed by atoms with Crippen molar-refractivity contribution in [2.24, 2.45) is 0 Å². The fourth-order valence-corrected chi connectivity index (χ4v) is 6.08. The van der Waals surface area contributed by atoms with Crippen molar-refractivity contribution in [2.45, 2.75) is 16.7 Å². The zero-order chi connectivity index (χ0) is 24.9. The van der Waals surface area contributed by atoms with Gasteiger partial charge in [-0.05, 0) is 49.4 Å². The van der Waals surface area contributed by atoms with E-state index in [1.165, 1.54) is 53.9 Å². The number of methoxy groups -OCH3 is 2. The standard InChI is InChI=1S/C23H24N2O7S2/c1-4-25(17-10-6-5-7-11-17)34(29,30)18-14-15-21(31-2)20(16-18)24-33(27,28)22-13-9-8-12-19(22)23(26)32-3/h5-16,24H,4H2,1-3H3. The number of hydrogen-bond donors (Lipinski definition) is 1. The van der Waals surface area contributed by atoms with E-state index in [9.17, 15) is 21.6 Å². The monoisotopic (exact) mass is 504 g/mol. The zero-order valence-corrected chi connectivity index (χ0v) is 20.4. The van der Waals surface area contributed by atoms with Crippen LogP contribution in [0.4, 0.5) is 11.4 Å². The smallest absolute Gasteiger partial charge is 0.339 e. The number of nitrogens with one attached hydrogen (secondary N) is 1. The Labute approximate surface area is 199 Å². The van der Waals surface area contributed by atoms with Crippen LogP contribution in [0.25, 0.3) is 0 Å². The number of carbonyl (C=O) groups is 1. The van der Waals surface area contributed by atoms with Gasteiger partial charge in [0.2, 0.25) is 0 Å². The second-order valence-electron chi connectivity index (χ2n) is 6.96. The number of esters is 1. The highest BCUT2D eigenvalue weighted by Gasteiger charge is 2.27. The van der Waals surface area contributed by atoms with Gasteiger partial charge in [0.05, 0.1) is 36.1 Å². The minimum Gasteiger partial charge on any atom is -0.495 e. The van der Waals surface area contributed by atoms with Crippen LogP contribution in [0.15, 0.2) is 82.6 Å². The molecule has 0 saturated heterocycles. The maximum atomic E-state index is 13.4. The molecular weight excluding hydrogens is 480 g/mol. The lowest BCUT2D eigenvalue weighted by atomic mass is 10.2. The SMILES string of the molecule is CCN(c1ccccc1)S(=O)(=O)c1ccc(OC)c(NS(=O)(=O)c2ccccc2C(=O)OC)c1. The number of para-hydroxylation sites is 1. The molecule has 3 aromatic rings. The first-order valence-corrected chi connectivity index (χ1v) is 13.0. The van der Waals surface area contributed by atoms with E-state index < -0.39 is 26.0 Å². The number of anilines is 2. The van der Waals surface area contributed by atoms with E-state index in [1.807, 2.05) is 0 Å². The molecule has 0 spiro atoms. The van der Waals surface area contributed by atoms with Gasteiger partial charge in [-0.2, -0.15) is 0 Å². The van der Waals surface area contributed by atoms with Crippen molar-refractivity contribution in [3.8, 4) is 5.75 Å². The Morgan fingerprint density at radius 2 is 1.56 bits per heavy atom. The largest absolute Gasteiger partial charge is 0.495 e. The maximum Gasteiger partial charge on any atom is 0.339 e. The van der Waals surface area contributed by atoms with E-state index in [1.54, 1.807) is 37.3 Å². The third kappa shape index (κ3) is 5.00. The summed E-state index contributed by atoms with van der Waals surface area (Å²) in [5.41, 5.74) is 0.198. The van der Waals surface area contributed by atoms with E-state index in [0.717, 1.165) is 7.11 Å². The van der Waals surface area contributed by atoms with Gasteiger partial charge < -0.3 is 9.47 Å². The van der Waals surface area contributed by atoms with Crippen LogP contribution < -0.4 is 13.8 Å². The van der Waals surface area contributed by atoms with Crippen LogP contribution in [-0.4, -0.2) is 43.6 Å². The lowest BCUT2D eigenvalue weighted by Gasteiger charge is -2.23. The average molecular weight is 505 g/mol. The molecule has 0 aliphatic carbocycles. The van der Waals surface area contributed by atoms with Gasteiger partial charge in [-0.25, -0.2) is 21.6 Å². The Morgan fingerprint density at radius 3 is 2.18 bits per heavy atom. The molecule has 0 aliphatic heterocycles. The third-order valence-electron chi connectivity index (χ3n) is 4.92. The number of carbonyl (C=O) groups excluding carboxylic acids is 1. The Balaban J connectivity index is 2.07. The third-order valence-corrected chi connectivity index (χ3v) is 8.24. The molecule has 0 heterocycles. The van der Waals surface area contributed by atoms with E-state index in [0.29, 0.717) is 5.69 Å². The van der Waals surface area contributed by atoms with Crippen LogP contribution in [0.5, 0.6) is 5.75 Å². The van der Waals surface area contributed by atoms with Gasteiger partial charge in [-0.1, -0.05) is 30.3 Å². The normalized spacial score (nSPS) is 11.5. The van der Waals surface area contributed by atoms with Crippen molar-refractivity contribution in [3.05, 3.63) is 78.4 Å². The number of rotatable bonds is 9. The fraction of sp³-hybridized carbons (Fsp3) is 0.174. The molecule has 0 unspecified atom stereocenters. The van der Waals surface area contributed by atoms with Crippen molar-refractivity contribution < 1.29 is 31.1 Å². The van der Waals surface area contributed by atoms with E-state index in [-0.39, 0.29) is 33.3 Å². The first kappa shape index (κ1) is 25.1. The second-order valence-corrected chi connectivity index (χ2v) is 10.5. The van der Waals surface area contributed by atoms with Crippen LogP contribution in [0.2, 0.25) is 0 Å². The molecule has 0 bridgehead atoms. The summed E-state index contributed by atoms with van der Waals surface area (Å²) >= 11 is 0. The molecule has 3 rings (SSSR count).